The lowest BCUT2D eigenvalue weighted by atomic mass is 9.96. The summed E-state index contributed by atoms with van der Waals surface area (Å²) in [7, 11) is 2.08. The molecule has 6 atom stereocenters. The summed E-state index contributed by atoms with van der Waals surface area (Å²) in [6.45, 7) is 4.15. The summed E-state index contributed by atoms with van der Waals surface area (Å²) in [5.74, 6) is -0.806. The molecule has 0 aromatic heterocycles. The first kappa shape index (κ1) is 24.7. The number of nitrogens with zero attached hydrogens (tertiary/aromatic N) is 1. The summed E-state index contributed by atoms with van der Waals surface area (Å²) in [6.07, 6.45) is 0.444. The summed E-state index contributed by atoms with van der Waals surface area (Å²) in [6, 6.07) is 3.08. The number of phenolic OH excluding ortho intramolecular Hbond substituents is 1. The number of carbonyl (C=O) groups is 2. The fourth-order valence-electron chi connectivity index (χ4n) is 4.69. The number of ketones is 1. The Labute approximate surface area is 198 Å². The number of phenols is 1. The minimum absolute atomic E-state index is 0.00341. The minimum atomic E-state index is -1.57. The molecule has 3 aliphatic heterocycles. The van der Waals surface area contributed by atoms with Crippen molar-refractivity contribution in [3.8, 4) is 11.5 Å². The maximum Gasteiger partial charge on any atom is 0.342 e. The molecular formula is C25H33NO8. The van der Waals surface area contributed by atoms with Gasteiger partial charge in [-0.25, -0.2) is 4.79 Å². The van der Waals surface area contributed by atoms with E-state index in [0.29, 0.717) is 23.8 Å². The largest absolute Gasteiger partial charge is 0.507 e. The second-order valence-corrected chi connectivity index (χ2v) is 9.59. The number of epoxide rings is 1. The molecule has 34 heavy (non-hydrogen) atoms. The van der Waals surface area contributed by atoms with Crippen LogP contribution >= 0.6 is 0 Å². The van der Waals surface area contributed by atoms with Gasteiger partial charge in [0.1, 0.15) is 35.4 Å². The molecule has 3 aliphatic rings. The van der Waals surface area contributed by atoms with E-state index in [1.807, 2.05) is 0 Å². The number of rotatable bonds is 3. The van der Waals surface area contributed by atoms with Gasteiger partial charge in [0.05, 0.1) is 18.8 Å². The van der Waals surface area contributed by atoms with Crippen LogP contribution in [0.15, 0.2) is 24.3 Å². The highest BCUT2D eigenvalue weighted by Gasteiger charge is 2.46. The molecule has 3 N–H and O–H groups in total. The second-order valence-electron chi connectivity index (χ2n) is 9.59. The maximum atomic E-state index is 12.9. The molecule has 0 saturated carbocycles. The van der Waals surface area contributed by atoms with Crippen LogP contribution in [0.2, 0.25) is 0 Å². The zero-order chi connectivity index (χ0) is 24.4. The van der Waals surface area contributed by atoms with Crippen molar-refractivity contribution in [2.45, 2.75) is 63.1 Å². The smallest absolute Gasteiger partial charge is 0.342 e. The van der Waals surface area contributed by atoms with Crippen LogP contribution in [-0.2, 0) is 14.3 Å². The van der Waals surface area contributed by atoms with Crippen molar-refractivity contribution < 1.29 is 39.1 Å². The van der Waals surface area contributed by atoms with Gasteiger partial charge in [0.2, 0.25) is 0 Å². The second kappa shape index (κ2) is 10.4. The minimum Gasteiger partial charge on any atom is -0.507 e. The van der Waals surface area contributed by atoms with Crippen molar-refractivity contribution >= 4 is 11.8 Å². The molecule has 9 heteroatoms. The van der Waals surface area contributed by atoms with Gasteiger partial charge in [-0.2, -0.15) is 0 Å². The predicted molar refractivity (Wildman–Crippen MR) is 122 cm³/mol. The summed E-state index contributed by atoms with van der Waals surface area (Å²) in [4.78, 5) is 27.3. The van der Waals surface area contributed by atoms with Crippen LogP contribution in [0.25, 0.3) is 0 Å². The monoisotopic (exact) mass is 475 g/mol. The predicted octanol–water partition coefficient (Wildman–Crippen LogP) is 1.74. The van der Waals surface area contributed by atoms with Gasteiger partial charge in [0, 0.05) is 36.9 Å². The average Bonchev–Trinajstić information content (AvgIpc) is 3.54. The standard InChI is InChI=1S/C25H33NO8/c1-14-5-3-7-18(27)23(30)20(29)11-21-24(34-21)17-9-16(10-19(28)22(17)25(31)33-14)32-13-15-6-4-8-26(2)12-15/h3,7,9-10,14-15,20-21,23-24,28-30H,4-6,8,11-13H2,1-2H3/b7-3-/t14-,15?,20-,21-,23+,24+/m0/s1. The number of esters is 1. The van der Waals surface area contributed by atoms with Gasteiger partial charge in [-0.05, 0) is 45.5 Å². The maximum absolute atomic E-state index is 12.9. The molecule has 2 saturated heterocycles. The lowest BCUT2D eigenvalue weighted by molar-refractivity contribution is -0.128. The van der Waals surface area contributed by atoms with Gasteiger partial charge in [-0.1, -0.05) is 6.08 Å². The van der Waals surface area contributed by atoms with Crippen molar-refractivity contribution in [1.82, 2.24) is 4.90 Å². The zero-order valence-corrected chi connectivity index (χ0v) is 19.6. The number of hydrogen-bond acceptors (Lipinski definition) is 9. The van der Waals surface area contributed by atoms with Crippen molar-refractivity contribution in [3.63, 3.8) is 0 Å². The number of aromatic hydroxyl groups is 1. The van der Waals surface area contributed by atoms with Crippen LogP contribution in [0.4, 0.5) is 0 Å². The molecular weight excluding hydrogens is 442 g/mol. The first-order valence-electron chi connectivity index (χ1n) is 11.8. The Morgan fingerprint density at radius 3 is 2.79 bits per heavy atom. The van der Waals surface area contributed by atoms with Crippen LogP contribution < -0.4 is 4.74 Å². The molecule has 9 nitrogen and oxygen atoms in total. The third-order valence-corrected chi connectivity index (χ3v) is 6.61. The first-order chi connectivity index (χ1) is 16.2. The third kappa shape index (κ3) is 5.78. The Morgan fingerprint density at radius 1 is 1.24 bits per heavy atom. The van der Waals surface area contributed by atoms with Gasteiger partial charge in [-0.15, -0.1) is 0 Å². The van der Waals surface area contributed by atoms with Gasteiger partial charge < -0.3 is 34.4 Å². The lowest BCUT2D eigenvalue weighted by Gasteiger charge is -2.29. The van der Waals surface area contributed by atoms with Crippen molar-refractivity contribution in [1.29, 1.82) is 0 Å². The molecule has 1 aromatic rings. The summed E-state index contributed by atoms with van der Waals surface area (Å²) >= 11 is 0. The Balaban J connectivity index is 1.58. The van der Waals surface area contributed by atoms with E-state index in [4.69, 9.17) is 14.2 Å². The normalized spacial score (nSPS) is 33.8. The number of benzene rings is 1. The van der Waals surface area contributed by atoms with Gasteiger partial charge in [-0.3, -0.25) is 4.79 Å². The van der Waals surface area contributed by atoms with Crippen LogP contribution in [0, 0.1) is 5.92 Å². The quantitative estimate of drug-likeness (QED) is 0.442. The number of ether oxygens (including phenoxy) is 3. The topological polar surface area (TPSA) is 129 Å². The van der Waals surface area contributed by atoms with Crippen molar-refractivity contribution in [3.05, 3.63) is 35.4 Å². The first-order valence-corrected chi connectivity index (χ1v) is 11.8. The summed E-state index contributed by atoms with van der Waals surface area (Å²) < 4.78 is 17.2. The number of likely N-dealkylation sites (tertiary alicyclic amines) is 1. The van der Waals surface area contributed by atoms with E-state index in [1.54, 1.807) is 13.0 Å². The number of carbonyl (C=O) groups excluding carboxylic acids is 2. The fraction of sp³-hybridized carbons (Fsp3) is 0.600. The average molecular weight is 476 g/mol. The molecule has 0 amide bonds. The van der Waals surface area contributed by atoms with Crippen LogP contribution in [-0.4, -0.2) is 83.1 Å². The van der Waals surface area contributed by atoms with Crippen molar-refractivity contribution in [2.24, 2.45) is 5.92 Å². The van der Waals surface area contributed by atoms with E-state index in [1.165, 1.54) is 18.2 Å². The van der Waals surface area contributed by atoms with Crippen LogP contribution in [0.1, 0.15) is 54.6 Å². The zero-order valence-electron chi connectivity index (χ0n) is 19.6. The highest BCUT2D eigenvalue weighted by Crippen LogP contribution is 2.46. The third-order valence-electron chi connectivity index (χ3n) is 6.61. The number of piperidine rings is 1. The lowest BCUT2D eigenvalue weighted by Crippen LogP contribution is -2.34. The van der Waals surface area contributed by atoms with Crippen molar-refractivity contribution in [2.75, 3.05) is 26.7 Å². The Morgan fingerprint density at radius 2 is 2.03 bits per heavy atom. The van der Waals surface area contributed by atoms with Gasteiger partial charge >= 0.3 is 5.97 Å². The van der Waals surface area contributed by atoms with E-state index in [9.17, 15) is 24.9 Å². The van der Waals surface area contributed by atoms with Gasteiger partial charge in [0.25, 0.3) is 0 Å². The number of cyclic esters (lactones) is 1. The number of fused-ring (bicyclic) bond motifs is 3. The van der Waals surface area contributed by atoms with E-state index < -0.39 is 42.3 Å². The highest BCUT2D eigenvalue weighted by atomic mass is 16.6. The molecule has 0 spiro atoms. The number of aliphatic hydroxyl groups excluding tert-OH is 2. The van der Waals surface area contributed by atoms with Crippen LogP contribution in [0.5, 0.6) is 11.5 Å². The van der Waals surface area contributed by atoms with E-state index in [-0.39, 0.29) is 24.2 Å². The molecule has 0 radical (unpaired) electrons. The molecule has 1 unspecified atom stereocenters. The Bertz CT molecular complexity index is 947. The molecule has 0 bridgehead atoms. The number of aliphatic hydroxyl groups is 2. The molecule has 1 aromatic carbocycles. The molecule has 0 aliphatic carbocycles. The van der Waals surface area contributed by atoms with E-state index >= 15 is 0 Å². The Hall–Kier alpha value is -2.46. The number of hydrogen-bond donors (Lipinski definition) is 3. The highest BCUT2D eigenvalue weighted by molar-refractivity contribution is 5.95. The van der Waals surface area contributed by atoms with Crippen LogP contribution in [0.3, 0.4) is 0 Å². The molecule has 2 fully saturated rings. The fourth-order valence-corrected chi connectivity index (χ4v) is 4.69. The van der Waals surface area contributed by atoms with E-state index in [0.717, 1.165) is 25.9 Å². The molecule has 4 rings (SSSR count). The van der Waals surface area contributed by atoms with Gasteiger partial charge in [0.15, 0.2) is 5.78 Å². The molecule has 186 valence electrons. The SMILES string of the molecule is C[C@H]1C/C=C\C(=O)[C@@H](O)[C@@H](O)C[C@@H]2O[C@@H]2c2cc(OCC3CCCN(C)C3)cc(O)c2C(=O)O1. The summed E-state index contributed by atoms with van der Waals surface area (Å²) in [5.41, 5.74) is 0.398. The van der Waals surface area contributed by atoms with E-state index in [2.05, 4.69) is 11.9 Å². The molecule has 3 heterocycles. The Kier molecular flexibility index (Phi) is 7.57. The summed E-state index contributed by atoms with van der Waals surface area (Å²) in [5, 5.41) is 31.2.